The van der Waals surface area contributed by atoms with Crippen LogP contribution in [-0.4, -0.2) is 40.8 Å². The number of likely N-dealkylation sites (tertiary alicyclic amines) is 1. The summed E-state index contributed by atoms with van der Waals surface area (Å²) in [5.41, 5.74) is 1.89. The lowest BCUT2D eigenvalue weighted by Gasteiger charge is -2.30. The Balaban J connectivity index is 1.78. The Morgan fingerprint density at radius 2 is 1.70 bits per heavy atom. The average molecular weight is 555 g/mol. The van der Waals surface area contributed by atoms with E-state index >= 15 is 0 Å². The van der Waals surface area contributed by atoms with Crippen molar-refractivity contribution < 1.29 is 28.6 Å². The Hall–Kier alpha value is -4.68. The van der Waals surface area contributed by atoms with Gasteiger partial charge >= 0.3 is 5.97 Å². The Kier molecular flexibility index (Phi) is 7.28. The zero-order valence-corrected chi connectivity index (χ0v) is 22.8. The Morgan fingerprint density at radius 1 is 1.02 bits per heavy atom. The molecular weight excluding hydrogens is 528 g/mol. The number of ketones is 1. The van der Waals surface area contributed by atoms with E-state index in [1.54, 1.807) is 86.0 Å². The van der Waals surface area contributed by atoms with Gasteiger partial charge in [-0.1, -0.05) is 30.3 Å². The number of rotatable bonds is 7. The van der Waals surface area contributed by atoms with E-state index in [1.165, 1.54) is 23.3 Å². The summed E-state index contributed by atoms with van der Waals surface area (Å²) in [6.07, 6.45) is 0. The number of hydrogen-bond acceptors (Lipinski definition) is 7. The van der Waals surface area contributed by atoms with Crippen LogP contribution in [0, 0.1) is 31.1 Å². The number of nitrogens with zero attached hydrogens (tertiary/aromatic N) is 2. The van der Waals surface area contributed by atoms with Crippen LogP contribution in [0.25, 0.3) is 0 Å². The number of benzene rings is 2. The molecule has 40 heavy (non-hydrogen) atoms. The van der Waals surface area contributed by atoms with Crippen molar-refractivity contribution in [3.8, 4) is 11.8 Å². The molecule has 0 radical (unpaired) electrons. The molecule has 0 spiro atoms. The van der Waals surface area contributed by atoms with E-state index < -0.39 is 35.8 Å². The number of aliphatic carboxylic acids is 1. The predicted molar refractivity (Wildman–Crippen MR) is 148 cm³/mol. The summed E-state index contributed by atoms with van der Waals surface area (Å²) in [5.74, 6) is -2.34. The van der Waals surface area contributed by atoms with E-state index in [-0.39, 0.29) is 5.78 Å². The normalized spacial score (nSPS) is 20.2. The molecular formula is C31H26N2O6S. The Morgan fingerprint density at radius 3 is 2.23 bits per heavy atom. The molecule has 4 aromatic rings. The van der Waals surface area contributed by atoms with Crippen LogP contribution in [0.5, 0.6) is 5.75 Å². The van der Waals surface area contributed by atoms with Crippen LogP contribution in [0.4, 0.5) is 0 Å². The standard InChI is InChI=1S/C31H26N2O6S/c1-17-15-23(18(2)39-17)29(34)26-25(20-10-12-22(38-3)13-11-20)28(31(36)37)33(30(35)24-5-4-14-40-24)27(26)21-8-6-19(16-32)7-9-21/h4-15,25-28H,1-3H3,(H,36,37). The first-order chi connectivity index (χ1) is 19.2. The lowest BCUT2D eigenvalue weighted by Crippen LogP contribution is -2.43. The summed E-state index contributed by atoms with van der Waals surface area (Å²) < 4.78 is 11.0. The summed E-state index contributed by atoms with van der Waals surface area (Å²) in [6, 6.07) is 18.3. The van der Waals surface area contributed by atoms with E-state index in [1.807, 2.05) is 0 Å². The fourth-order valence-corrected chi connectivity index (χ4v) is 6.33. The molecule has 4 unspecified atom stereocenters. The van der Waals surface area contributed by atoms with E-state index in [2.05, 4.69) is 6.07 Å². The average Bonchev–Trinajstić information content (AvgIpc) is 3.70. The largest absolute Gasteiger partial charge is 0.497 e. The highest BCUT2D eigenvalue weighted by Gasteiger charge is 2.58. The molecule has 2 aromatic heterocycles. The van der Waals surface area contributed by atoms with Crippen molar-refractivity contribution in [2.45, 2.75) is 31.8 Å². The topological polar surface area (TPSA) is 121 Å². The molecule has 8 nitrogen and oxygen atoms in total. The molecule has 2 aromatic carbocycles. The van der Waals surface area contributed by atoms with Crippen molar-refractivity contribution in [3.63, 3.8) is 0 Å². The smallest absolute Gasteiger partial charge is 0.327 e. The number of hydrogen-bond donors (Lipinski definition) is 1. The van der Waals surface area contributed by atoms with Crippen molar-refractivity contribution in [1.29, 1.82) is 5.26 Å². The number of ether oxygens (including phenoxy) is 1. The minimum Gasteiger partial charge on any atom is -0.497 e. The number of carboxylic acids is 1. The van der Waals surface area contributed by atoms with Gasteiger partial charge in [-0.3, -0.25) is 9.59 Å². The van der Waals surface area contributed by atoms with Crippen LogP contribution in [0.2, 0.25) is 0 Å². The zero-order chi connectivity index (χ0) is 28.6. The summed E-state index contributed by atoms with van der Waals surface area (Å²) in [7, 11) is 1.53. The molecule has 0 saturated carbocycles. The van der Waals surface area contributed by atoms with Crippen molar-refractivity contribution in [2.24, 2.45) is 5.92 Å². The predicted octanol–water partition coefficient (Wildman–Crippen LogP) is 5.77. The second kappa shape index (κ2) is 10.8. The highest BCUT2D eigenvalue weighted by Crippen LogP contribution is 2.52. The monoisotopic (exact) mass is 554 g/mol. The Labute approximate surface area is 235 Å². The second-order valence-corrected chi connectivity index (χ2v) is 10.6. The number of methoxy groups -OCH3 is 1. The zero-order valence-electron chi connectivity index (χ0n) is 22.0. The molecule has 1 saturated heterocycles. The lowest BCUT2D eigenvalue weighted by atomic mass is 9.76. The number of Topliss-reactive ketones (excluding diaryl/α,β-unsaturated/α-hetero) is 1. The quantitative estimate of drug-likeness (QED) is 0.288. The SMILES string of the molecule is COc1ccc(C2C(C(=O)c3cc(C)oc3C)C(c3ccc(C#N)cc3)N(C(=O)c3cccs3)C2C(=O)O)cc1. The van der Waals surface area contributed by atoms with E-state index in [0.717, 1.165) is 0 Å². The first-order valence-electron chi connectivity index (χ1n) is 12.6. The minimum absolute atomic E-state index is 0.322. The molecule has 202 valence electrons. The van der Waals surface area contributed by atoms with Crippen molar-refractivity contribution >= 4 is 29.0 Å². The molecule has 1 aliphatic heterocycles. The van der Waals surface area contributed by atoms with Crippen LogP contribution >= 0.6 is 11.3 Å². The molecule has 4 atom stereocenters. The fourth-order valence-electron chi connectivity index (χ4n) is 5.66. The third kappa shape index (κ3) is 4.67. The van der Waals surface area contributed by atoms with Crippen molar-refractivity contribution in [1.82, 2.24) is 4.90 Å². The van der Waals surface area contributed by atoms with Gasteiger partial charge in [0.15, 0.2) is 5.78 Å². The molecule has 0 bridgehead atoms. The number of furan rings is 1. The van der Waals surface area contributed by atoms with Gasteiger partial charge in [0, 0.05) is 5.92 Å². The van der Waals surface area contributed by atoms with Crippen molar-refractivity contribution in [3.05, 3.63) is 111 Å². The van der Waals surface area contributed by atoms with Gasteiger partial charge in [-0.2, -0.15) is 5.26 Å². The number of aryl methyl sites for hydroxylation is 2. The van der Waals surface area contributed by atoms with E-state index in [0.29, 0.717) is 44.4 Å². The van der Waals surface area contributed by atoms with Crippen LogP contribution in [-0.2, 0) is 4.79 Å². The number of carboxylic acid groups (broad SMARTS) is 1. The number of amides is 1. The van der Waals surface area contributed by atoms with Gasteiger partial charge in [-0.05, 0) is 66.8 Å². The highest BCUT2D eigenvalue weighted by atomic mass is 32.1. The first kappa shape index (κ1) is 26.9. The molecule has 1 aliphatic rings. The molecule has 1 fully saturated rings. The van der Waals surface area contributed by atoms with Crippen LogP contribution in [0.15, 0.2) is 76.5 Å². The van der Waals surface area contributed by atoms with Gasteiger partial charge in [0.2, 0.25) is 0 Å². The lowest BCUT2D eigenvalue weighted by molar-refractivity contribution is -0.142. The maximum atomic E-state index is 14.5. The third-order valence-corrected chi connectivity index (χ3v) is 8.24. The number of nitriles is 1. The molecule has 3 heterocycles. The number of carbonyl (C=O) groups excluding carboxylic acids is 2. The summed E-state index contributed by atoms with van der Waals surface area (Å²) >= 11 is 1.21. The summed E-state index contributed by atoms with van der Waals surface area (Å²) in [5, 5.41) is 21.8. The second-order valence-electron chi connectivity index (χ2n) is 9.67. The summed E-state index contributed by atoms with van der Waals surface area (Å²) in [6.45, 7) is 3.43. The Bertz CT molecular complexity index is 1600. The van der Waals surface area contributed by atoms with Crippen LogP contribution in [0.1, 0.15) is 60.2 Å². The van der Waals surface area contributed by atoms with Gasteiger partial charge in [0.1, 0.15) is 23.3 Å². The number of carbonyl (C=O) groups is 3. The fraction of sp³-hybridized carbons (Fsp3) is 0.226. The van der Waals surface area contributed by atoms with Crippen LogP contribution in [0.3, 0.4) is 0 Å². The highest BCUT2D eigenvalue weighted by molar-refractivity contribution is 7.12. The maximum absolute atomic E-state index is 14.5. The van der Waals surface area contributed by atoms with Gasteiger partial charge < -0.3 is 19.2 Å². The van der Waals surface area contributed by atoms with E-state index in [4.69, 9.17) is 9.15 Å². The summed E-state index contributed by atoms with van der Waals surface area (Å²) in [4.78, 5) is 43.3. The first-order valence-corrected chi connectivity index (χ1v) is 13.5. The van der Waals surface area contributed by atoms with Gasteiger partial charge in [-0.15, -0.1) is 11.3 Å². The maximum Gasteiger partial charge on any atom is 0.327 e. The minimum atomic E-state index is -1.36. The third-order valence-electron chi connectivity index (χ3n) is 7.38. The molecule has 1 N–H and O–H groups in total. The molecule has 1 amide bonds. The number of thiophene rings is 1. The molecule has 5 rings (SSSR count). The van der Waals surface area contributed by atoms with Gasteiger partial charge in [-0.25, -0.2) is 4.79 Å². The van der Waals surface area contributed by atoms with Gasteiger partial charge in [0.25, 0.3) is 5.91 Å². The van der Waals surface area contributed by atoms with Crippen LogP contribution < -0.4 is 4.74 Å². The molecule has 9 heteroatoms. The van der Waals surface area contributed by atoms with Gasteiger partial charge in [0.05, 0.1) is 41.1 Å². The van der Waals surface area contributed by atoms with E-state index in [9.17, 15) is 24.8 Å². The van der Waals surface area contributed by atoms with Crippen molar-refractivity contribution in [2.75, 3.05) is 7.11 Å². The molecule has 0 aliphatic carbocycles.